The number of rotatable bonds is 6. The summed E-state index contributed by atoms with van der Waals surface area (Å²) in [6.07, 6.45) is 0. The molecule has 2 aromatic carbocycles. The minimum absolute atomic E-state index is 0.157. The van der Waals surface area contributed by atoms with Gasteiger partial charge in [0.15, 0.2) is 5.69 Å². The summed E-state index contributed by atoms with van der Waals surface area (Å²) in [5.41, 5.74) is 0.843. The number of aryl methyl sites for hydroxylation is 1. The van der Waals surface area contributed by atoms with Crippen LogP contribution < -0.4 is 15.5 Å². The standard InChI is InChI=1S/C20H18ClN3O3/c1-14-13-18(25)19(23-24(14)16-5-3-2-4-6-16)20(26)22-11-12-27-17-9-7-15(21)8-10-17/h2-10,13H,11-12H2,1H3,(H,22,26). The quantitative estimate of drug-likeness (QED) is 0.664. The second kappa shape index (κ2) is 8.51. The van der Waals surface area contributed by atoms with Gasteiger partial charge in [0.1, 0.15) is 12.4 Å². The molecular formula is C20H18ClN3O3. The molecule has 0 aliphatic rings. The van der Waals surface area contributed by atoms with Gasteiger partial charge < -0.3 is 10.1 Å². The Labute approximate surface area is 161 Å². The average molecular weight is 384 g/mol. The third-order valence-electron chi connectivity index (χ3n) is 3.79. The maximum atomic E-state index is 12.4. The van der Waals surface area contributed by atoms with Crippen LogP contribution in [-0.2, 0) is 0 Å². The molecule has 138 valence electrons. The van der Waals surface area contributed by atoms with Crippen molar-refractivity contribution in [1.29, 1.82) is 0 Å². The lowest BCUT2D eigenvalue weighted by molar-refractivity contribution is 0.0939. The summed E-state index contributed by atoms with van der Waals surface area (Å²) in [6, 6.07) is 17.6. The molecule has 0 atom stereocenters. The summed E-state index contributed by atoms with van der Waals surface area (Å²) < 4.78 is 7.08. The second-order valence-corrected chi connectivity index (χ2v) is 6.24. The van der Waals surface area contributed by atoms with E-state index in [-0.39, 0.29) is 18.8 Å². The van der Waals surface area contributed by atoms with Crippen LogP contribution in [0.1, 0.15) is 16.2 Å². The number of hydrogen-bond donors (Lipinski definition) is 1. The van der Waals surface area contributed by atoms with Crippen molar-refractivity contribution in [2.75, 3.05) is 13.2 Å². The summed E-state index contributed by atoms with van der Waals surface area (Å²) in [6.45, 7) is 2.26. The van der Waals surface area contributed by atoms with Crippen molar-refractivity contribution in [3.05, 3.63) is 87.3 Å². The monoisotopic (exact) mass is 383 g/mol. The van der Waals surface area contributed by atoms with Crippen LogP contribution in [0.15, 0.2) is 65.5 Å². The maximum Gasteiger partial charge on any atom is 0.275 e. The van der Waals surface area contributed by atoms with E-state index in [1.54, 1.807) is 35.9 Å². The second-order valence-electron chi connectivity index (χ2n) is 5.80. The Morgan fingerprint density at radius 2 is 1.85 bits per heavy atom. The number of ether oxygens (including phenoxy) is 1. The number of carbonyl (C=O) groups excluding carboxylic acids is 1. The molecule has 0 aliphatic heterocycles. The lowest BCUT2D eigenvalue weighted by Crippen LogP contribution is -2.34. The number of amides is 1. The van der Waals surface area contributed by atoms with Gasteiger partial charge in [-0.05, 0) is 43.3 Å². The van der Waals surface area contributed by atoms with Gasteiger partial charge in [0.25, 0.3) is 5.91 Å². The molecule has 3 rings (SSSR count). The van der Waals surface area contributed by atoms with Crippen LogP contribution in [0.3, 0.4) is 0 Å². The van der Waals surface area contributed by atoms with Gasteiger partial charge >= 0.3 is 0 Å². The summed E-state index contributed by atoms with van der Waals surface area (Å²) in [7, 11) is 0. The fourth-order valence-corrected chi connectivity index (χ4v) is 2.61. The number of hydrogen-bond acceptors (Lipinski definition) is 4. The molecule has 0 saturated heterocycles. The van der Waals surface area contributed by atoms with Crippen molar-refractivity contribution in [1.82, 2.24) is 15.1 Å². The van der Waals surface area contributed by atoms with Crippen LogP contribution in [0.25, 0.3) is 5.69 Å². The number of halogens is 1. The van der Waals surface area contributed by atoms with Crippen molar-refractivity contribution in [3.63, 3.8) is 0 Å². The van der Waals surface area contributed by atoms with Gasteiger partial charge in [-0.2, -0.15) is 5.10 Å². The molecule has 1 aromatic heterocycles. The van der Waals surface area contributed by atoms with E-state index in [4.69, 9.17) is 16.3 Å². The molecular weight excluding hydrogens is 366 g/mol. The highest BCUT2D eigenvalue weighted by Gasteiger charge is 2.14. The summed E-state index contributed by atoms with van der Waals surface area (Å²) >= 11 is 5.81. The number of nitrogens with one attached hydrogen (secondary N) is 1. The third-order valence-corrected chi connectivity index (χ3v) is 4.05. The van der Waals surface area contributed by atoms with Crippen molar-refractivity contribution < 1.29 is 9.53 Å². The van der Waals surface area contributed by atoms with Gasteiger partial charge in [0, 0.05) is 16.8 Å². The first-order chi connectivity index (χ1) is 13.0. The van der Waals surface area contributed by atoms with E-state index < -0.39 is 11.3 Å². The summed E-state index contributed by atoms with van der Waals surface area (Å²) in [5, 5.41) is 7.50. The molecule has 0 bridgehead atoms. The molecule has 0 saturated carbocycles. The first-order valence-corrected chi connectivity index (χ1v) is 8.75. The van der Waals surface area contributed by atoms with Crippen LogP contribution in [0.4, 0.5) is 0 Å². The van der Waals surface area contributed by atoms with Crippen molar-refractivity contribution in [2.45, 2.75) is 6.92 Å². The molecule has 0 aliphatic carbocycles. The Bertz CT molecular complexity index is 986. The highest BCUT2D eigenvalue weighted by molar-refractivity contribution is 6.30. The van der Waals surface area contributed by atoms with Crippen LogP contribution in [0.2, 0.25) is 5.02 Å². The van der Waals surface area contributed by atoms with Crippen LogP contribution in [0, 0.1) is 6.92 Å². The Hall–Kier alpha value is -3.12. The lowest BCUT2D eigenvalue weighted by atomic mass is 10.2. The van der Waals surface area contributed by atoms with Crippen LogP contribution in [0.5, 0.6) is 5.75 Å². The topological polar surface area (TPSA) is 73.2 Å². The first kappa shape index (κ1) is 18.7. The zero-order valence-corrected chi connectivity index (χ0v) is 15.4. The van der Waals surface area contributed by atoms with Gasteiger partial charge in [-0.25, -0.2) is 4.68 Å². The molecule has 1 amide bonds. The number of nitrogens with zero attached hydrogens (tertiary/aromatic N) is 2. The van der Waals surface area contributed by atoms with Gasteiger partial charge in [-0.15, -0.1) is 0 Å². The number of carbonyl (C=O) groups is 1. The molecule has 0 unspecified atom stereocenters. The molecule has 1 N–H and O–H groups in total. The SMILES string of the molecule is Cc1cc(=O)c(C(=O)NCCOc2ccc(Cl)cc2)nn1-c1ccccc1. The predicted octanol–water partition coefficient (Wildman–Crippen LogP) is 3.00. The molecule has 0 spiro atoms. The Balaban J connectivity index is 1.66. The molecule has 6 nitrogen and oxygen atoms in total. The van der Waals surface area contributed by atoms with E-state index in [2.05, 4.69) is 10.4 Å². The molecule has 0 fully saturated rings. The normalized spacial score (nSPS) is 10.4. The van der Waals surface area contributed by atoms with E-state index in [0.29, 0.717) is 16.5 Å². The van der Waals surface area contributed by atoms with E-state index >= 15 is 0 Å². The molecule has 1 heterocycles. The maximum absolute atomic E-state index is 12.4. The van der Waals surface area contributed by atoms with Gasteiger partial charge in [0.2, 0.25) is 5.43 Å². The molecule has 0 radical (unpaired) electrons. The summed E-state index contributed by atoms with van der Waals surface area (Å²) in [5.74, 6) is 0.109. The number of benzene rings is 2. The van der Waals surface area contributed by atoms with E-state index in [1.807, 2.05) is 30.3 Å². The lowest BCUT2D eigenvalue weighted by Gasteiger charge is -2.11. The average Bonchev–Trinajstić information content (AvgIpc) is 2.67. The Morgan fingerprint density at radius 1 is 1.15 bits per heavy atom. The van der Waals surface area contributed by atoms with Crippen molar-refractivity contribution >= 4 is 17.5 Å². The van der Waals surface area contributed by atoms with E-state index in [9.17, 15) is 9.59 Å². The largest absolute Gasteiger partial charge is 0.492 e. The van der Waals surface area contributed by atoms with E-state index in [0.717, 1.165) is 5.69 Å². The van der Waals surface area contributed by atoms with Gasteiger partial charge in [-0.3, -0.25) is 9.59 Å². The zero-order chi connectivity index (χ0) is 19.2. The van der Waals surface area contributed by atoms with Crippen LogP contribution in [-0.4, -0.2) is 28.8 Å². The molecule has 7 heteroatoms. The van der Waals surface area contributed by atoms with Gasteiger partial charge in [0.05, 0.1) is 12.2 Å². The fourth-order valence-electron chi connectivity index (χ4n) is 2.48. The highest BCUT2D eigenvalue weighted by Crippen LogP contribution is 2.15. The third kappa shape index (κ3) is 4.74. The Kier molecular flexibility index (Phi) is 5.88. The Morgan fingerprint density at radius 3 is 2.56 bits per heavy atom. The fraction of sp³-hybridized carbons (Fsp3) is 0.150. The van der Waals surface area contributed by atoms with Crippen LogP contribution >= 0.6 is 11.6 Å². The van der Waals surface area contributed by atoms with Gasteiger partial charge in [-0.1, -0.05) is 29.8 Å². The smallest absolute Gasteiger partial charge is 0.275 e. The van der Waals surface area contributed by atoms with Crippen molar-refractivity contribution in [2.24, 2.45) is 0 Å². The van der Waals surface area contributed by atoms with E-state index in [1.165, 1.54) is 6.07 Å². The molecule has 3 aromatic rings. The number of para-hydroxylation sites is 1. The van der Waals surface area contributed by atoms with Crippen molar-refractivity contribution in [3.8, 4) is 11.4 Å². The minimum Gasteiger partial charge on any atom is -0.492 e. The minimum atomic E-state index is -0.538. The number of aromatic nitrogens is 2. The predicted molar refractivity (Wildman–Crippen MR) is 104 cm³/mol. The first-order valence-electron chi connectivity index (χ1n) is 8.37. The zero-order valence-electron chi connectivity index (χ0n) is 14.7. The highest BCUT2D eigenvalue weighted by atomic mass is 35.5. The molecule has 27 heavy (non-hydrogen) atoms. The summed E-state index contributed by atoms with van der Waals surface area (Å²) in [4.78, 5) is 24.5.